The maximum atomic E-state index is 13.0. The maximum Gasteiger partial charge on any atom is 0.339 e. The van der Waals surface area contributed by atoms with Crippen molar-refractivity contribution in [2.75, 3.05) is 6.61 Å². The third kappa shape index (κ3) is 4.32. The van der Waals surface area contributed by atoms with Crippen LogP contribution in [-0.4, -0.2) is 29.8 Å². The SMILES string of the molecule is CC1(C(=O)OCc2cccc3ccccc23)CCC(Oc2cc3c(c(C(=O)O)c2)OCC3)CC1. The van der Waals surface area contributed by atoms with E-state index in [4.69, 9.17) is 14.2 Å². The van der Waals surface area contributed by atoms with Crippen molar-refractivity contribution in [3.05, 3.63) is 71.3 Å². The third-order valence-electron chi connectivity index (χ3n) is 7.06. The van der Waals surface area contributed by atoms with Crippen LogP contribution >= 0.6 is 0 Å². The van der Waals surface area contributed by atoms with Crippen LogP contribution < -0.4 is 9.47 Å². The number of carboxylic acids is 1. The summed E-state index contributed by atoms with van der Waals surface area (Å²) >= 11 is 0. The molecule has 1 aliphatic heterocycles. The zero-order chi connectivity index (χ0) is 23.7. The number of hydrogen-bond acceptors (Lipinski definition) is 5. The number of esters is 1. The molecule has 176 valence electrons. The molecular weight excluding hydrogens is 432 g/mol. The van der Waals surface area contributed by atoms with Crippen LogP contribution in [0.2, 0.25) is 0 Å². The number of ether oxygens (including phenoxy) is 3. The lowest BCUT2D eigenvalue weighted by atomic mass is 9.74. The molecule has 0 amide bonds. The summed E-state index contributed by atoms with van der Waals surface area (Å²) in [6.45, 7) is 2.70. The van der Waals surface area contributed by atoms with Gasteiger partial charge in [-0.3, -0.25) is 4.79 Å². The van der Waals surface area contributed by atoms with Crippen LogP contribution in [0.4, 0.5) is 0 Å². The summed E-state index contributed by atoms with van der Waals surface area (Å²) in [5.41, 5.74) is 1.46. The predicted molar refractivity (Wildman–Crippen MR) is 127 cm³/mol. The third-order valence-corrected chi connectivity index (χ3v) is 7.06. The van der Waals surface area contributed by atoms with Crippen molar-refractivity contribution in [2.45, 2.75) is 51.7 Å². The van der Waals surface area contributed by atoms with E-state index in [9.17, 15) is 14.7 Å². The molecule has 1 saturated carbocycles. The molecule has 34 heavy (non-hydrogen) atoms. The van der Waals surface area contributed by atoms with E-state index in [0.29, 0.717) is 50.2 Å². The van der Waals surface area contributed by atoms with E-state index >= 15 is 0 Å². The summed E-state index contributed by atoms with van der Waals surface area (Å²) in [5, 5.41) is 11.7. The van der Waals surface area contributed by atoms with Gasteiger partial charge < -0.3 is 19.3 Å². The van der Waals surface area contributed by atoms with Gasteiger partial charge in [0.15, 0.2) is 0 Å². The number of hydrogen-bond donors (Lipinski definition) is 1. The van der Waals surface area contributed by atoms with Gasteiger partial charge in [0, 0.05) is 12.0 Å². The van der Waals surface area contributed by atoms with Gasteiger partial charge >= 0.3 is 11.9 Å². The van der Waals surface area contributed by atoms with Crippen LogP contribution in [0.5, 0.6) is 11.5 Å². The largest absolute Gasteiger partial charge is 0.492 e. The van der Waals surface area contributed by atoms with Gasteiger partial charge in [0.2, 0.25) is 0 Å². The number of aromatic carboxylic acids is 1. The topological polar surface area (TPSA) is 82.1 Å². The van der Waals surface area contributed by atoms with E-state index in [1.54, 1.807) is 6.07 Å². The summed E-state index contributed by atoms with van der Waals surface area (Å²) in [5.74, 6) is -0.200. The average molecular weight is 461 g/mol. The minimum absolute atomic E-state index is 0.0686. The molecule has 0 atom stereocenters. The number of carbonyl (C=O) groups excluding carboxylic acids is 1. The number of carbonyl (C=O) groups is 2. The van der Waals surface area contributed by atoms with E-state index in [1.165, 1.54) is 0 Å². The number of fused-ring (bicyclic) bond motifs is 2. The van der Waals surface area contributed by atoms with Crippen molar-refractivity contribution >= 4 is 22.7 Å². The van der Waals surface area contributed by atoms with E-state index in [2.05, 4.69) is 12.1 Å². The van der Waals surface area contributed by atoms with Crippen LogP contribution in [0.3, 0.4) is 0 Å². The Balaban J connectivity index is 1.20. The van der Waals surface area contributed by atoms with Gasteiger partial charge in [0.25, 0.3) is 0 Å². The summed E-state index contributed by atoms with van der Waals surface area (Å²) in [7, 11) is 0. The van der Waals surface area contributed by atoms with Gasteiger partial charge in [-0.05, 0) is 61.1 Å². The maximum absolute atomic E-state index is 13.0. The van der Waals surface area contributed by atoms with Crippen molar-refractivity contribution in [1.82, 2.24) is 0 Å². The van der Waals surface area contributed by atoms with Crippen LogP contribution in [0, 0.1) is 5.41 Å². The minimum Gasteiger partial charge on any atom is -0.492 e. The van der Waals surface area contributed by atoms with Crippen molar-refractivity contribution in [3.63, 3.8) is 0 Å². The van der Waals surface area contributed by atoms with Crippen molar-refractivity contribution in [2.24, 2.45) is 5.41 Å². The monoisotopic (exact) mass is 460 g/mol. The van der Waals surface area contributed by atoms with Crippen LogP contribution in [-0.2, 0) is 22.6 Å². The Morgan fingerprint density at radius 3 is 2.65 bits per heavy atom. The summed E-state index contributed by atoms with van der Waals surface area (Å²) in [6, 6.07) is 17.5. The molecule has 6 nitrogen and oxygen atoms in total. The predicted octanol–water partition coefficient (Wildman–Crippen LogP) is 5.54. The highest BCUT2D eigenvalue weighted by molar-refractivity contribution is 5.92. The molecule has 5 rings (SSSR count). The standard InChI is InChI=1S/C28H28O6/c1-28(27(31)33-17-20-7-4-6-18-5-2-3-8-23(18)20)12-9-21(10-13-28)34-22-15-19-11-14-32-25(19)24(16-22)26(29)30/h2-8,15-16,21H,9-14,17H2,1H3,(H,29,30). The molecule has 1 aliphatic carbocycles. The van der Waals surface area contributed by atoms with Crippen LogP contribution in [0.25, 0.3) is 10.8 Å². The molecule has 0 spiro atoms. The lowest BCUT2D eigenvalue weighted by Crippen LogP contribution is -2.37. The highest BCUT2D eigenvalue weighted by Crippen LogP contribution is 2.40. The molecule has 0 unspecified atom stereocenters. The summed E-state index contributed by atoms with van der Waals surface area (Å²) < 4.78 is 17.4. The second-order valence-corrected chi connectivity index (χ2v) is 9.45. The van der Waals surface area contributed by atoms with Crippen molar-refractivity contribution < 1.29 is 28.9 Å². The Hall–Kier alpha value is -3.54. The molecule has 0 radical (unpaired) electrons. The Morgan fingerprint density at radius 2 is 1.85 bits per heavy atom. The van der Waals surface area contributed by atoms with Gasteiger partial charge in [-0.15, -0.1) is 0 Å². The average Bonchev–Trinajstić information content (AvgIpc) is 3.32. The summed E-state index contributed by atoms with van der Waals surface area (Å²) in [4.78, 5) is 24.6. The van der Waals surface area contributed by atoms with E-state index in [1.807, 2.05) is 43.3 Å². The van der Waals surface area contributed by atoms with Gasteiger partial charge in [0.1, 0.15) is 23.7 Å². The van der Waals surface area contributed by atoms with E-state index in [-0.39, 0.29) is 24.2 Å². The van der Waals surface area contributed by atoms with Crippen LogP contribution in [0.1, 0.15) is 54.1 Å². The van der Waals surface area contributed by atoms with Crippen molar-refractivity contribution in [3.8, 4) is 11.5 Å². The van der Waals surface area contributed by atoms with E-state index < -0.39 is 11.4 Å². The van der Waals surface area contributed by atoms with E-state index in [0.717, 1.165) is 21.9 Å². The zero-order valence-electron chi connectivity index (χ0n) is 19.2. The first-order valence-corrected chi connectivity index (χ1v) is 11.8. The number of rotatable bonds is 6. The molecule has 3 aromatic carbocycles. The number of carboxylic acid groups (broad SMARTS) is 1. The molecule has 0 saturated heterocycles. The fourth-order valence-electron chi connectivity index (χ4n) is 4.98. The van der Waals surface area contributed by atoms with Crippen molar-refractivity contribution in [1.29, 1.82) is 0 Å². The fraction of sp³-hybridized carbons (Fsp3) is 0.357. The second kappa shape index (κ2) is 9.01. The molecule has 0 bridgehead atoms. The highest BCUT2D eigenvalue weighted by Gasteiger charge is 2.39. The lowest BCUT2D eigenvalue weighted by molar-refractivity contribution is -0.159. The smallest absolute Gasteiger partial charge is 0.339 e. The Labute approximate surface area is 198 Å². The fourth-order valence-corrected chi connectivity index (χ4v) is 4.98. The molecule has 3 aromatic rings. The minimum atomic E-state index is -1.02. The molecule has 6 heteroatoms. The first kappa shape index (κ1) is 22.3. The lowest BCUT2D eigenvalue weighted by Gasteiger charge is -2.35. The van der Waals surface area contributed by atoms with Gasteiger partial charge in [-0.2, -0.15) is 0 Å². The molecule has 1 heterocycles. The normalized spacial score (nSPS) is 21.5. The van der Waals surface area contributed by atoms with Gasteiger partial charge in [-0.25, -0.2) is 4.79 Å². The Bertz CT molecular complexity index is 1230. The first-order chi connectivity index (χ1) is 16.4. The molecule has 2 aliphatic rings. The second-order valence-electron chi connectivity index (χ2n) is 9.45. The molecule has 1 N–H and O–H groups in total. The molecule has 1 fully saturated rings. The first-order valence-electron chi connectivity index (χ1n) is 11.8. The van der Waals surface area contributed by atoms with Gasteiger partial charge in [-0.1, -0.05) is 42.5 Å². The number of benzene rings is 3. The van der Waals surface area contributed by atoms with Crippen LogP contribution in [0.15, 0.2) is 54.6 Å². The van der Waals surface area contributed by atoms with Gasteiger partial charge in [0.05, 0.1) is 18.1 Å². The summed E-state index contributed by atoms with van der Waals surface area (Å²) in [6.07, 6.45) is 3.34. The molecular formula is C28H28O6. The highest BCUT2D eigenvalue weighted by atomic mass is 16.5. The Kier molecular flexibility index (Phi) is 5.90. The Morgan fingerprint density at radius 1 is 1.09 bits per heavy atom. The quantitative estimate of drug-likeness (QED) is 0.486. The molecule has 0 aromatic heterocycles. The zero-order valence-corrected chi connectivity index (χ0v) is 19.2.